The van der Waals surface area contributed by atoms with Crippen molar-refractivity contribution in [1.29, 1.82) is 0 Å². The fourth-order valence-corrected chi connectivity index (χ4v) is 1.92. The van der Waals surface area contributed by atoms with Gasteiger partial charge in [0, 0.05) is 31.4 Å². The lowest BCUT2D eigenvalue weighted by Crippen LogP contribution is -2.27. The molecule has 2 N–H and O–H groups in total. The highest BCUT2D eigenvalue weighted by Gasteiger charge is 2.17. The van der Waals surface area contributed by atoms with Crippen LogP contribution in [0.15, 0.2) is 11.9 Å². The molecule has 4 nitrogen and oxygen atoms in total. The van der Waals surface area contributed by atoms with Crippen LogP contribution < -0.4 is 10.6 Å². The van der Waals surface area contributed by atoms with Crippen molar-refractivity contribution in [2.45, 2.75) is 25.7 Å². The molecule has 14 heavy (non-hydrogen) atoms. The van der Waals surface area contributed by atoms with Crippen molar-refractivity contribution in [2.24, 2.45) is 0 Å². The second kappa shape index (κ2) is 4.35. The molecule has 0 unspecified atom stereocenters. The van der Waals surface area contributed by atoms with Crippen molar-refractivity contribution in [3.05, 3.63) is 11.9 Å². The molecule has 0 aromatic heterocycles. The van der Waals surface area contributed by atoms with Gasteiger partial charge < -0.3 is 15.5 Å². The van der Waals surface area contributed by atoms with E-state index in [1.807, 2.05) is 11.1 Å². The molecule has 0 aromatic carbocycles. The van der Waals surface area contributed by atoms with Crippen LogP contribution in [0, 0.1) is 0 Å². The van der Waals surface area contributed by atoms with E-state index in [9.17, 15) is 4.79 Å². The highest BCUT2D eigenvalue weighted by Crippen LogP contribution is 2.11. The summed E-state index contributed by atoms with van der Waals surface area (Å²) in [4.78, 5) is 13.6. The number of amides is 1. The molecule has 0 aliphatic carbocycles. The molecule has 2 heterocycles. The van der Waals surface area contributed by atoms with Crippen LogP contribution in [0.2, 0.25) is 0 Å². The van der Waals surface area contributed by atoms with E-state index in [0.29, 0.717) is 12.3 Å². The molecular weight excluding hydrogens is 178 g/mol. The summed E-state index contributed by atoms with van der Waals surface area (Å²) in [5.41, 5.74) is 1.15. The Kier molecular flexibility index (Phi) is 2.91. The Morgan fingerprint density at radius 3 is 2.86 bits per heavy atom. The zero-order chi connectivity index (χ0) is 9.80. The number of nitrogens with zero attached hydrogens (tertiary/aromatic N) is 1. The van der Waals surface area contributed by atoms with Gasteiger partial charge >= 0.3 is 0 Å². The first-order valence-electron chi connectivity index (χ1n) is 5.30. The second-order valence-electron chi connectivity index (χ2n) is 3.82. The molecule has 1 saturated heterocycles. The van der Waals surface area contributed by atoms with E-state index in [1.165, 1.54) is 12.8 Å². The number of carbonyl (C=O) groups excluding carboxylic acids is 1. The molecule has 0 aromatic rings. The van der Waals surface area contributed by atoms with Crippen LogP contribution in [0.1, 0.15) is 25.7 Å². The number of nitrogens with one attached hydrogen (secondary N) is 2. The minimum Gasteiger partial charge on any atom is -0.372 e. The zero-order valence-corrected chi connectivity index (χ0v) is 8.38. The van der Waals surface area contributed by atoms with Crippen LogP contribution in [-0.2, 0) is 4.79 Å². The van der Waals surface area contributed by atoms with E-state index in [2.05, 4.69) is 10.6 Å². The van der Waals surface area contributed by atoms with Gasteiger partial charge in [0.05, 0.1) is 6.67 Å². The Labute approximate surface area is 84.3 Å². The van der Waals surface area contributed by atoms with Gasteiger partial charge in [-0.25, -0.2) is 0 Å². The third-order valence-corrected chi connectivity index (χ3v) is 2.76. The number of hydrogen-bond acceptors (Lipinski definition) is 3. The Bertz CT molecular complexity index is 244. The molecule has 2 rings (SSSR count). The van der Waals surface area contributed by atoms with Gasteiger partial charge in [-0.1, -0.05) is 0 Å². The predicted molar refractivity (Wildman–Crippen MR) is 54.3 cm³/mol. The lowest BCUT2D eigenvalue weighted by atomic mass is 10.2. The fraction of sp³-hybridized carbons (Fsp3) is 0.700. The van der Waals surface area contributed by atoms with E-state index in [-0.39, 0.29) is 0 Å². The minimum absolute atomic E-state index is 0.303. The number of carbonyl (C=O) groups is 1. The Balaban J connectivity index is 1.71. The van der Waals surface area contributed by atoms with Crippen molar-refractivity contribution in [3.63, 3.8) is 0 Å². The zero-order valence-electron chi connectivity index (χ0n) is 8.38. The Hall–Kier alpha value is -1.19. The third kappa shape index (κ3) is 2.19. The van der Waals surface area contributed by atoms with Crippen LogP contribution in [0.4, 0.5) is 0 Å². The number of likely N-dealkylation sites (tertiary alicyclic amines) is 1. The number of hydrogen-bond donors (Lipinski definition) is 2. The second-order valence-corrected chi connectivity index (χ2v) is 3.82. The smallest absolute Gasteiger partial charge is 0.222 e. The number of rotatable bonds is 3. The Morgan fingerprint density at radius 1 is 1.43 bits per heavy atom. The van der Waals surface area contributed by atoms with Crippen LogP contribution in [0.25, 0.3) is 0 Å². The number of allylic oxidation sites excluding steroid dienone is 1. The van der Waals surface area contributed by atoms with Crippen molar-refractivity contribution in [2.75, 3.05) is 19.8 Å². The molecular formula is C10H17N3O. The topological polar surface area (TPSA) is 44.4 Å². The summed E-state index contributed by atoms with van der Waals surface area (Å²) in [5, 5.41) is 6.25. The summed E-state index contributed by atoms with van der Waals surface area (Å²) >= 11 is 0. The average molecular weight is 195 g/mol. The molecule has 0 bridgehead atoms. The van der Waals surface area contributed by atoms with E-state index < -0.39 is 0 Å². The maximum absolute atomic E-state index is 11.7. The molecule has 2 aliphatic heterocycles. The normalized spacial score (nSPS) is 20.3. The van der Waals surface area contributed by atoms with Gasteiger partial charge in [-0.15, -0.1) is 0 Å². The van der Waals surface area contributed by atoms with E-state index in [1.54, 1.807) is 0 Å². The summed E-state index contributed by atoms with van der Waals surface area (Å²) in [6, 6.07) is 0. The summed E-state index contributed by atoms with van der Waals surface area (Å²) < 4.78 is 0. The fourth-order valence-electron chi connectivity index (χ4n) is 1.92. The molecule has 0 atom stereocenters. The predicted octanol–water partition coefficient (Wildman–Crippen LogP) is 0.381. The molecule has 0 radical (unpaired) electrons. The molecule has 0 spiro atoms. The monoisotopic (exact) mass is 195 g/mol. The van der Waals surface area contributed by atoms with Crippen LogP contribution in [0.5, 0.6) is 0 Å². The van der Waals surface area contributed by atoms with E-state index in [0.717, 1.165) is 31.9 Å². The van der Waals surface area contributed by atoms with Crippen LogP contribution in [-0.4, -0.2) is 30.6 Å². The standard InChI is InChI=1S/C10H17N3O/c14-10(13-5-1-2-6-13)4-3-9-7-11-8-12-9/h7,11-12H,1-6,8H2. The quantitative estimate of drug-likeness (QED) is 0.684. The van der Waals surface area contributed by atoms with Gasteiger partial charge in [0.1, 0.15) is 0 Å². The van der Waals surface area contributed by atoms with Gasteiger partial charge in [-0.3, -0.25) is 4.79 Å². The molecule has 4 heteroatoms. The lowest BCUT2D eigenvalue weighted by molar-refractivity contribution is -0.130. The van der Waals surface area contributed by atoms with Crippen LogP contribution in [0.3, 0.4) is 0 Å². The van der Waals surface area contributed by atoms with Crippen molar-refractivity contribution < 1.29 is 4.79 Å². The van der Waals surface area contributed by atoms with Gasteiger partial charge in [-0.2, -0.15) is 0 Å². The third-order valence-electron chi connectivity index (χ3n) is 2.76. The average Bonchev–Trinajstić information content (AvgIpc) is 2.87. The molecule has 1 fully saturated rings. The molecule has 78 valence electrons. The highest BCUT2D eigenvalue weighted by molar-refractivity contribution is 5.76. The van der Waals surface area contributed by atoms with Gasteiger partial charge in [0.25, 0.3) is 0 Å². The highest BCUT2D eigenvalue weighted by atomic mass is 16.2. The molecule has 2 aliphatic rings. The molecule has 1 amide bonds. The maximum atomic E-state index is 11.7. The Morgan fingerprint density at radius 2 is 2.21 bits per heavy atom. The minimum atomic E-state index is 0.303. The first kappa shape index (κ1) is 9.37. The lowest BCUT2D eigenvalue weighted by Gasteiger charge is -2.14. The SMILES string of the molecule is O=C(CCC1=CNCN1)N1CCCC1. The van der Waals surface area contributed by atoms with Gasteiger partial charge in [0.15, 0.2) is 0 Å². The van der Waals surface area contributed by atoms with E-state index in [4.69, 9.17) is 0 Å². The van der Waals surface area contributed by atoms with Crippen molar-refractivity contribution >= 4 is 5.91 Å². The summed E-state index contributed by atoms with van der Waals surface area (Å²) in [6.45, 7) is 2.72. The summed E-state index contributed by atoms with van der Waals surface area (Å²) in [5.74, 6) is 0.303. The van der Waals surface area contributed by atoms with Crippen molar-refractivity contribution in [3.8, 4) is 0 Å². The maximum Gasteiger partial charge on any atom is 0.222 e. The van der Waals surface area contributed by atoms with Gasteiger partial charge in [-0.05, 0) is 19.3 Å². The largest absolute Gasteiger partial charge is 0.372 e. The van der Waals surface area contributed by atoms with E-state index >= 15 is 0 Å². The first-order chi connectivity index (χ1) is 6.86. The summed E-state index contributed by atoms with van der Waals surface area (Å²) in [7, 11) is 0. The van der Waals surface area contributed by atoms with Gasteiger partial charge in [0.2, 0.25) is 5.91 Å². The first-order valence-corrected chi connectivity index (χ1v) is 5.30. The van der Waals surface area contributed by atoms with Crippen LogP contribution >= 0.6 is 0 Å². The molecule has 0 saturated carbocycles. The van der Waals surface area contributed by atoms with Crippen molar-refractivity contribution in [1.82, 2.24) is 15.5 Å². The summed E-state index contributed by atoms with van der Waals surface area (Å²) in [6.07, 6.45) is 5.78.